The fraction of sp³-hybridized carbons (Fsp3) is 0.700. The summed E-state index contributed by atoms with van der Waals surface area (Å²) in [5.74, 6) is 0.0782. The largest absolute Gasteiger partial charge is 0.382 e. The second kappa shape index (κ2) is 4.11. The first-order valence-electron chi connectivity index (χ1n) is 5.01. The van der Waals surface area contributed by atoms with Gasteiger partial charge in [-0.15, -0.1) is 0 Å². The van der Waals surface area contributed by atoms with Gasteiger partial charge in [-0.05, 0) is 18.9 Å². The highest BCUT2D eigenvalue weighted by atomic mass is 16.3. The molecule has 4 heteroatoms. The zero-order valence-corrected chi connectivity index (χ0v) is 9.07. The van der Waals surface area contributed by atoms with Crippen LogP contribution in [0.15, 0.2) is 12.3 Å². The van der Waals surface area contributed by atoms with Gasteiger partial charge in [-0.3, -0.25) is 4.68 Å². The van der Waals surface area contributed by atoms with Crippen LogP contribution in [0.2, 0.25) is 0 Å². The van der Waals surface area contributed by atoms with Crippen molar-refractivity contribution in [2.24, 2.45) is 11.7 Å². The van der Waals surface area contributed by atoms with Crippen LogP contribution in [0.1, 0.15) is 26.5 Å². The molecule has 1 rings (SSSR count). The molecule has 0 radical (unpaired) electrons. The third-order valence-electron chi connectivity index (χ3n) is 2.73. The minimum absolute atomic E-state index is 0.0782. The molecule has 0 aliphatic heterocycles. The third-order valence-corrected chi connectivity index (χ3v) is 2.73. The molecule has 1 atom stereocenters. The van der Waals surface area contributed by atoms with Crippen LogP contribution in [0.25, 0.3) is 0 Å². The highest BCUT2D eigenvalue weighted by Gasteiger charge is 2.34. The van der Waals surface area contributed by atoms with Gasteiger partial charge in [0.05, 0.1) is 5.69 Å². The first-order valence-corrected chi connectivity index (χ1v) is 5.01. The summed E-state index contributed by atoms with van der Waals surface area (Å²) in [4.78, 5) is 0. The van der Waals surface area contributed by atoms with Crippen molar-refractivity contribution in [1.82, 2.24) is 9.78 Å². The van der Waals surface area contributed by atoms with E-state index in [-0.39, 0.29) is 12.5 Å². The molecule has 1 heterocycles. The lowest BCUT2D eigenvalue weighted by Crippen LogP contribution is -2.41. The quantitative estimate of drug-likeness (QED) is 0.747. The Morgan fingerprint density at radius 2 is 2.29 bits per heavy atom. The Labute approximate surface area is 84.7 Å². The summed E-state index contributed by atoms with van der Waals surface area (Å²) < 4.78 is 1.78. The fourth-order valence-electron chi connectivity index (χ4n) is 1.59. The van der Waals surface area contributed by atoms with E-state index in [9.17, 15) is 5.11 Å². The molecular formula is C10H19N3O. The number of nitrogens with two attached hydrogens (primary N) is 1. The van der Waals surface area contributed by atoms with E-state index in [0.29, 0.717) is 0 Å². The van der Waals surface area contributed by atoms with Crippen molar-refractivity contribution < 1.29 is 5.11 Å². The summed E-state index contributed by atoms with van der Waals surface area (Å²) in [7, 11) is 0. The summed E-state index contributed by atoms with van der Waals surface area (Å²) >= 11 is 0. The lowest BCUT2D eigenvalue weighted by atomic mass is 9.87. The van der Waals surface area contributed by atoms with Gasteiger partial charge in [-0.25, -0.2) is 0 Å². The molecule has 0 saturated carbocycles. The molecule has 0 bridgehead atoms. The second-order valence-electron chi connectivity index (χ2n) is 3.82. The van der Waals surface area contributed by atoms with Crippen molar-refractivity contribution in [2.45, 2.75) is 32.9 Å². The molecule has 0 spiro atoms. The van der Waals surface area contributed by atoms with E-state index in [4.69, 9.17) is 5.73 Å². The Hall–Kier alpha value is -0.870. The van der Waals surface area contributed by atoms with Gasteiger partial charge < -0.3 is 10.8 Å². The Kier molecular flexibility index (Phi) is 3.29. The Bertz CT molecular complexity index is 295. The third kappa shape index (κ3) is 1.67. The van der Waals surface area contributed by atoms with Crippen molar-refractivity contribution in [2.75, 3.05) is 6.54 Å². The molecule has 1 unspecified atom stereocenters. The van der Waals surface area contributed by atoms with Crippen LogP contribution in [-0.2, 0) is 12.1 Å². The van der Waals surface area contributed by atoms with E-state index in [1.54, 1.807) is 10.9 Å². The van der Waals surface area contributed by atoms with Crippen LogP contribution >= 0.6 is 0 Å². The van der Waals surface area contributed by atoms with Crippen LogP contribution in [0, 0.1) is 5.92 Å². The first kappa shape index (κ1) is 11.2. The summed E-state index contributed by atoms with van der Waals surface area (Å²) in [5.41, 5.74) is 5.47. The van der Waals surface area contributed by atoms with Crippen molar-refractivity contribution in [3.63, 3.8) is 0 Å². The highest BCUT2D eigenvalue weighted by molar-refractivity contribution is 5.13. The topological polar surface area (TPSA) is 64.1 Å². The van der Waals surface area contributed by atoms with E-state index in [1.165, 1.54) is 0 Å². The van der Waals surface area contributed by atoms with Gasteiger partial charge in [0.2, 0.25) is 0 Å². The molecule has 4 nitrogen and oxygen atoms in total. The minimum Gasteiger partial charge on any atom is -0.382 e. The summed E-state index contributed by atoms with van der Waals surface area (Å²) in [5, 5.41) is 14.5. The number of aliphatic hydroxyl groups is 1. The van der Waals surface area contributed by atoms with Gasteiger partial charge in [0.15, 0.2) is 0 Å². The standard InChI is InChI=1S/C10H19N3O/c1-4-13-9(5-6-12-13)10(14,7-11)8(2)3/h5-6,8,14H,4,7,11H2,1-3H3. The van der Waals surface area contributed by atoms with Crippen LogP contribution < -0.4 is 5.73 Å². The number of rotatable bonds is 4. The SMILES string of the molecule is CCn1nccc1C(O)(CN)C(C)C. The van der Waals surface area contributed by atoms with Gasteiger partial charge in [0.25, 0.3) is 0 Å². The van der Waals surface area contributed by atoms with Gasteiger partial charge in [-0.1, -0.05) is 13.8 Å². The fourth-order valence-corrected chi connectivity index (χ4v) is 1.59. The predicted molar refractivity (Wildman–Crippen MR) is 55.7 cm³/mol. The number of aryl methyl sites for hydroxylation is 1. The number of hydrogen-bond acceptors (Lipinski definition) is 3. The lowest BCUT2D eigenvalue weighted by molar-refractivity contribution is -0.00931. The van der Waals surface area contributed by atoms with E-state index in [2.05, 4.69) is 5.10 Å². The van der Waals surface area contributed by atoms with Crippen molar-refractivity contribution in [3.05, 3.63) is 18.0 Å². The van der Waals surface area contributed by atoms with Crippen molar-refractivity contribution in [1.29, 1.82) is 0 Å². The van der Waals surface area contributed by atoms with Gasteiger partial charge in [0.1, 0.15) is 5.60 Å². The Balaban J connectivity index is 3.11. The maximum atomic E-state index is 10.4. The molecular weight excluding hydrogens is 178 g/mol. The summed E-state index contributed by atoms with van der Waals surface area (Å²) in [6.45, 7) is 6.88. The zero-order chi connectivity index (χ0) is 10.8. The molecule has 0 aliphatic rings. The maximum absolute atomic E-state index is 10.4. The molecule has 0 saturated heterocycles. The average molecular weight is 197 g/mol. The summed E-state index contributed by atoms with van der Waals surface area (Å²) in [6.07, 6.45) is 1.70. The minimum atomic E-state index is -0.966. The maximum Gasteiger partial charge on any atom is 0.121 e. The molecule has 0 aliphatic carbocycles. The molecule has 80 valence electrons. The smallest absolute Gasteiger partial charge is 0.121 e. The normalized spacial score (nSPS) is 15.9. The zero-order valence-electron chi connectivity index (χ0n) is 9.07. The number of aromatic nitrogens is 2. The molecule has 0 fully saturated rings. The van der Waals surface area contributed by atoms with Crippen molar-refractivity contribution >= 4 is 0 Å². The van der Waals surface area contributed by atoms with Gasteiger partial charge in [0, 0.05) is 19.3 Å². The average Bonchev–Trinajstić information content (AvgIpc) is 2.64. The van der Waals surface area contributed by atoms with Gasteiger partial charge in [-0.2, -0.15) is 5.10 Å². The Morgan fingerprint density at radius 3 is 2.71 bits per heavy atom. The van der Waals surface area contributed by atoms with Gasteiger partial charge >= 0.3 is 0 Å². The van der Waals surface area contributed by atoms with Crippen LogP contribution in [0.5, 0.6) is 0 Å². The number of nitrogens with zero attached hydrogens (tertiary/aromatic N) is 2. The van der Waals surface area contributed by atoms with E-state index >= 15 is 0 Å². The predicted octanol–water partition coefficient (Wildman–Crippen LogP) is 0.705. The lowest BCUT2D eigenvalue weighted by Gasteiger charge is -2.31. The number of hydrogen-bond donors (Lipinski definition) is 2. The highest BCUT2D eigenvalue weighted by Crippen LogP contribution is 2.27. The van der Waals surface area contributed by atoms with E-state index in [1.807, 2.05) is 26.8 Å². The molecule has 1 aromatic rings. The van der Waals surface area contributed by atoms with E-state index in [0.717, 1.165) is 12.2 Å². The van der Waals surface area contributed by atoms with Crippen LogP contribution in [-0.4, -0.2) is 21.4 Å². The van der Waals surface area contributed by atoms with Crippen LogP contribution in [0.4, 0.5) is 0 Å². The van der Waals surface area contributed by atoms with Crippen molar-refractivity contribution in [3.8, 4) is 0 Å². The summed E-state index contributed by atoms with van der Waals surface area (Å²) in [6, 6.07) is 1.83. The monoisotopic (exact) mass is 197 g/mol. The first-order chi connectivity index (χ1) is 6.56. The van der Waals surface area contributed by atoms with E-state index < -0.39 is 5.60 Å². The molecule has 14 heavy (non-hydrogen) atoms. The molecule has 0 amide bonds. The molecule has 0 aromatic carbocycles. The molecule has 3 N–H and O–H groups in total. The molecule has 1 aromatic heterocycles. The Morgan fingerprint density at radius 1 is 1.64 bits per heavy atom. The van der Waals surface area contributed by atoms with Crippen LogP contribution in [0.3, 0.4) is 0 Å². The second-order valence-corrected chi connectivity index (χ2v) is 3.82.